The van der Waals surface area contributed by atoms with Gasteiger partial charge >= 0.3 is 0 Å². The van der Waals surface area contributed by atoms with Gasteiger partial charge in [-0.25, -0.2) is 8.42 Å². The van der Waals surface area contributed by atoms with Crippen molar-refractivity contribution in [1.82, 2.24) is 9.21 Å². The van der Waals surface area contributed by atoms with Crippen LogP contribution >= 0.6 is 0 Å². The van der Waals surface area contributed by atoms with Crippen LogP contribution in [-0.4, -0.2) is 55.8 Å². The molecule has 0 aromatic heterocycles. The van der Waals surface area contributed by atoms with Crippen molar-refractivity contribution < 1.29 is 13.2 Å². The number of hydrogen-bond donors (Lipinski definition) is 0. The second-order valence-corrected chi connectivity index (χ2v) is 10.2. The lowest BCUT2D eigenvalue weighted by Gasteiger charge is -2.23. The molecule has 0 radical (unpaired) electrons. The number of sulfonamides is 1. The Morgan fingerprint density at radius 1 is 1.03 bits per heavy atom. The summed E-state index contributed by atoms with van der Waals surface area (Å²) in [6.07, 6.45) is 1.50. The number of carbonyl (C=O) groups excluding carboxylic acids is 1. The number of rotatable bonds is 4. The van der Waals surface area contributed by atoms with Crippen LogP contribution in [0, 0.1) is 0 Å². The molecule has 7 heteroatoms. The summed E-state index contributed by atoms with van der Waals surface area (Å²) < 4.78 is 28.3. The van der Waals surface area contributed by atoms with Crippen LogP contribution < -0.4 is 4.90 Å². The van der Waals surface area contributed by atoms with E-state index in [0.29, 0.717) is 31.0 Å². The van der Waals surface area contributed by atoms with Crippen molar-refractivity contribution in [3.05, 3.63) is 59.7 Å². The quantitative estimate of drug-likeness (QED) is 0.753. The van der Waals surface area contributed by atoms with Gasteiger partial charge in [0.25, 0.3) is 0 Å². The van der Waals surface area contributed by atoms with Crippen molar-refractivity contribution in [3.8, 4) is 0 Å². The van der Waals surface area contributed by atoms with E-state index in [-0.39, 0.29) is 11.9 Å². The minimum atomic E-state index is -3.56. The van der Waals surface area contributed by atoms with Crippen molar-refractivity contribution in [3.63, 3.8) is 0 Å². The van der Waals surface area contributed by atoms with Crippen LogP contribution in [0.1, 0.15) is 31.4 Å². The molecule has 2 aromatic rings. The first kappa shape index (κ1) is 21.0. The molecule has 4 rings (SSSR count). The summed E-state index contributed by atoms with van der Waals surface area (Å²) in [7, 11) is -3.56. The first-order chi connectivity index (χ1) is 14.4. The predicted octanol–water partition coefficient (Wildman–Crippen LogP) is 2.88. The first-order valence-corrected chi connectivity index (χ1v) is 12.0. The summed E-state index contributed by atoms with van der Waals surface area (Å²) >= 11 is 0. The Bertz CT molecular complexity index is 1020. The van der Waals surface area contributed by atoms with Crippen LogP contribution in [0.4, 0.5) is 5.69 Å². The predicted molar refractivity (Wildman–Crippen MR) is 118 cm³/mol. The third kappa shape index (κ3) is 4.15. The number of carbonyl (C=O) groups is 1. The van der Waals surface area contributed by atoms with Gasteiger partial charge < -0.3 is 4.90 Å². The Labute approximate surface area is 179 Å². The fraction of sp³-hybridized carbons (Fsp3) is 0.435. The van der Waals surface area contributed by atoms with E-state index in [9.17, 15) is 13.2 Å². The molecule has 0 N–H and O–H groups in total. The zero-order valence-corrected chi connectivity index (χ0v) is 18.4. The molecule has 0 saturated carbocycles. The van der Waals surface area contributed by atoms with E-state index in [1.54, 1.807) is 34.3 Å². The van der Waals surface area contributed by atoms with Gasteiger partial charge in [-0.15, -0.1) is 0 Å². The number of fused-ring (bicyclic) bond motifs is 1. The van der Waals surface area contributed by atoms with Gasteiger partial charge in [-0.3, -0.25) is 9.69 Å². The maximum Gasteiger partial charge on any atom is 0.243 e. The Morgan fingerprint density at radius 2 is 1.80 bits per heavy atom. The standard InChI is InChI=1S/C23H29N3O3S/c1-18-15-21-16-22(9-10-23(21)26(18)19(2)27)30(28,29)25-12-6-11-24(13-14-25)17-20-7-4-3-5-8-20/h3-5,7-10,16,18H,6,11-15,17H2,1-2H3. The van der Waals surface area contributed by atoms with E-state index in [1.165, 1.54) is 5.56 Å². The Balaban J connectivity index is 1.49. The first-order valence-electron chi connectivity index (χ1n) is 10.6. The molecular weight excluding hydrogens is 398 g/mol. The van der Waals surface area contributed by atoms with Crippen molar-refractivity contribution in [1.29, 1.82) is 0 Å². The zero-order chi connectivity index (χ0) is 21.3. The number of nitrogens with zero attached hydrogens (tertiary/aromatic N) is 3. The molecule has 6 nitrogen and oxygen atoms in total. The van der Waals surface area contributed by atoms with E-state index in [0.717, 1.165) is 30.8 Å². The molecule has 2 aliphatic rings. The van der Waals surface area contributed by atoms with Gasteiger partial charge in [0.2, 0.25) is 15.9 Å². The Hall–Kier alpha value is -2.22. The third-order valence-electron chi connectivity index (χ3n) is 6.04. The Morgan fingerprint density at radius 3 is 2.53 bits per heavy atom. The van der Waals surface area contributed by atoms with Crippen molar-refractivity contribution >= 4 is 21.6 Å². The summed E-state index contributed by atoms with van der Waals surface area (Å²) in [5.41, 5.74) is 3.01. The average molecular weight is 428 g/mol. The van der Waals surface area contributed by atoms with Gasteiger partial charge in [0.15, 0.2) is 0 Å². The molecule has 1 amide bonds. The molecule has 2 aromatic carbocycles. The highest BCUT2D eigenvalue weighted by Crippen LogP contribution is 2.34. The maximum atomic E-state index is 13.3. The van der Waals surface area contributed by atoms with Crippen molar-refractivity contribution in [2.45, 2.75) is 44.2 Å². The largest absolute Gasteiger partial charge is 0.309 e. The highest BCUT2D eigenvalue weighted by Gasteiger charge is 2.32. The molecule has 2 aliphatic heterocycles. The lowest BCUT2D eigenvalue weighted by atomic mass is 10.1. The van der Waals surface area contributed by atoms with Crippen molar-refractivity contribution in [2.24, 2.45) is 0 Å². The zero-order valence-electron chi connectivity index (χ0n) is 17.6. The molecule has 160 valence electrons. The highest BCUT2D eigenvalue weighted by molar-refractivity contribution is 7.89. The van der Waals surface area contributed by atoms with Gasteiger partial charge in [-0.1, -0.05) is 30.3 Å². The normalized spacial score (nSPS) is 20.7. The average Bonchev–Trinajstić information content (AvgIpc) is 2.87. The molecule has 1 atom stereocenters. The van der Waals surface area contributed by atoms with Gasteiger partial charge in [0.1, 0.15) is 0 Å². The summed E-state index contributed by atoms with van der Waals surface area (Å²) in [4.78, 5) is 16.3. The molecule has 0 aliphatic carbocycles. The van der Waals surface area contributed by atoms with E-state index in [1.807, 2.05) is 25.1 Å². The maximum absolute atomic E-state index is 13.3. The Kier molecular flexibility index (Phi) is 5.95. The molecular formula is C23H29N3O3S. The fourth-order valence-corrected chi connectivity index (χ4v) is 6.11. The lowest BCUT2D eigenvalue weighted by Crippen LogP contribution is -2.35. The van der Waals surface area contributed by atoms with Crippen LogP contribution in [0.15, 0.2) is 53.4 Å². The van der Waals surface area contributed by atoms with Crippen molar-refractivity contribution in [2.75, 3.05) is 31.1 Å². The smallest absolute Gasteiger partial charge is 0.243 e. The van der Waals surface area contributed by atoms with Crippen LogP contribution in [0.25, 0.3) is 0 Å². The molecule has 1 saturated heterocycles. The number of benzene rings is 2. The topological polar surface area (TPSA) is 60.9 Å². The monoisotopic (exact) mass is 427 g/mol. The molecule has 1 fully saturated rings. The summed E-state index contributed by atoms with van der Waals surface area (Å²) in [6, 6.07) is 15.5. The van der Waals surface area contributed by atoms with Gasteiger partial charge in [-0.2, -0.15) is 4.31 Å². The summed E-state index contributed by atoms with van der Waals surface area (Å²) in [5.74, 6) is -0.0112. The molecule has 0 spiro atoms. The minimum absolute atomic E-state index is 0.0112. The molecule has 1 unspecified atom stereocenters. The second kappa shape index (κ2) is 8.49. The van der Waals surface area contributed by atoms with E-state index >= 15 is 0 Å². The number of amides is 1. The van der Waals surface area contributed by atoms with Crippen LogP contribution in [0.2, 0.25) is 0 Å². The fourth-order valence-electron chi connectivity index (χ4n) is 4.58. The van der Waals surface area contributed by atoms with E-state index in [2.05, 4.69) is 17.0 Å². The number of anilines is 1. The van der Waals surface area contributed by atoms with Gasteiger partial charge in [0.05, 0.1) is 4.90 Å². The molecule has 30 heavy (non-hydrogen) atoms. The van der Waals surface area contributed by atoms with Crippen LogP contribution in [0.3, 0.4) is 0 Å². The molecule has 2 heterocycles. The molecule has 0 bridgehead atoms. The van der Waals surface area contributed by atoms with E-state index < -0.39 is 10.0 Å². The van der Waals surface area contributed by atoms with Crippen LogP contribution in [-0.2, 0) is 27.8 Å². The van der Waals surface area contributed by atoms with E-state index in [4.69, 9.17) is 0 Å². The SMILES string of the molecule is CC(=O)N1c2ccc(S(=O)(=O)N3CCCN(Cc4ccccc4)CC3)cc2CC1C. The van der Waals surface area contributed by atoms with Crippen LogP contribution in [0.5, 0.6) is 0 Å². The summed E-state index contributed by atoms with van der Waals surface area (Å²) in [6.45, 7) is 7.00. The van der Waals surface area contributed by atoms with Gasteiger partial charge in [0, 0.05) is 44.8 Å². The minimum Gasteiger partial charge on any atom is -0.309 e. The third-order valence-corrected chi connectivity index (χ3v) is 7.93. The highest BCUT2D eigenvalue weighted by atomic mass is 32.2. The lowest BCUT2D eigenvalue weighted by molar-refractivity contribution is -0.116. The number of hydrogen-bond acceptors (Lipinski definition) is 4. The summed E-state index contributed by atoms with van der Waals surface area (Å²) in [5, 5.41) is 0. The van der Waals surface area contributed by atoms with Gasteiger partial charge in [-0.05, 0) is 55.6 Å². The second-order valence-electron chi connectivity index (χ2n) is 8.25.